The molecule has 1 aromatic heterocycles. The first-order valence-electron chi connectivity index (χ1n) is 12.7. The Kier molecular flexibility index (Phi) is 7.94. The zero-order chi connectivity index (χ0) is 30.4. The number of carbonyl (C=O) groups excluding carboxylic acids is 3. The van der Waals surface area contributed by atoms with Crippen molar-refractivity contribution in [2.75, 3.05) is 23.9 Å². The molecule has 43 heavy (non-hydrogen) atoms. The summed E-state index contributed by atoms with van der Waals surface area (Å²) in [6.07, 6.45) is 0. The molecule has 3 aromatic carbocycles. The monoisotopic (exact) mass is 659 g/mol. The highest BCUT2D eigenvalue weighted by Gasteiger charge is 2.56. The Morgan fingerprint density at radius 3 is 2.49 bits per heavy atom. The van der Waals surface area contributed by atoms with Gasteiger partial charge in [0.1, 0.15) is 11.1 Å². The smallest absolute Gasteiger partial charge is 0.305 e. The standard InChI is InChI=1S/C29H20Cl2FN3O6S2/c1-40-20-10-13(2-9-19(20)41-12-21(36)33-15-5-8-17(30)18(31)11-15)22-23-25(42-26-24(22)43-29(39)34-26)28(38)35(27(23)37)16-6-3-14(32)4-7-16/h2-11,22-23,25H,12H2,1H3,(H,33,36)(H,34,39)/t22-,23-,25+/m0/s1. The molecule has 2 aliphatic rings. The Balaban J connectivity index is 1.28. The van der Waals surface area contributed by atoms with Crippen LogP contribution in [0.2, 0.25) is 10.0 Å². The highest BCUT2D eigenvalue weighted by molar-refractivity contribution is 8.00. The lowest BCUT2D eigenvalue weighted by atomic mass is 9.83. The van der Waals surface area contributed by atoms with Crippen molar-refractivity contribution in [1.82, 2.24) is 4.98 Å². The maximum Gasteiger partial charge on any atom is 0.305 e. The maximum absolute atomic E-state index is 13.8. The summed E-state index contributed by atoms with van der Waals surface area (Å²) in [5, 5.41) is 3.02. The molecule has 3 amide bonds. The number of thioether (sulfide) groups is 1. The first-order valence-corrected chi connectivity index (χ1v) is 15.2. The molecule has 2 aliphatic heterocycles. The van der Waals surface area contributed by atoms with Crippen molar-refractivity contribution >= 4 is 75.4 Å². The number of benzene rings is 3. The van der Waals surface area contributed by atoms with E-state index in [4.69, 9.17) is 32.7 Å². The third-order valence-corrected chi connectivity index (χ3v) is 10.2. The molecule has 3 atom stereocenters. The number of anilines is 2. The topological polar surface area (TPSA) is 118 Å². The van der Waals surface area contributed by atoms with Crippen LogP contribution in [0.4, 0.5) is 15.8 Å². The van der Waals surface area contributed by atoms with Gasteiger partial charge in [-0.1, -0.05) is 52.4 Å². The van der Waals surface area contributed by atoms with E-state index in [2.05, 4.69) is 10.3 Å². The predicted octanol–water partition coefficient (Wildman–Crippen LogP) is 5.70. The molecule has 4 aromatic rings. The summed E-state index contributed by atoms with van der Waals surface area (Å²) in [6, 6.07) is 14.8. The van der Waals surface area contributed by atoms with Crippen LogP contribution in [0, 0.1) is 11.7 Å². The summed E-state index contributed by atoms with van der Waals surface area (Å²) in [5.74, 6) is -2.79. The Bertz CT molecular complexity index is 1830. The highest BCUT2D eigenvalue weighted by Crippen LogP contribution is 2.53. The number of fused-ring (bicyclic) bond motifs is 2. The van der Waals surface area contributed by atoms with Gasteiger partial charge in [-0.25, -0.2) is 9.29 Å². The summed E-state index contributed by atoms with van der Waals surface area (Å²) in [4.78, 5) is 56.4. The first-order chi connectivity index (χ1) is 20.6. The number of halogens is 3. The number of amides is 3. The second-order valence-electron chi connectivity index (χ2n) is 9.61. The number of carbonyl (C=O) groups is 3. The highest BCUT2D eigenvalue weighted by atomic mass is 35.5. The van der Waals surface area contributed by atoms with E-state index in [0.29, 0.717) is 31.2 Å². The summed E-state index contributed by atoms with van der Waals surface area (Å²) in [6.45, 7) is -0.343. The molecule has 9 nitrogen and oxygen atoms in total. The number of thiazole rings is 1. The summed E-state index contributed by atoms with van der Waals surface area (Å²) in [5.41, 5.74) is 1.32. The third kappa shape index (κ3) is 5.51. The number of hydrogen-bond donors (Lipinski definition) is 2. The Hall–Kier alpha value is -3.84. The fourth-order valence-corrected chi connectivity index (χ4v) is 7.95. The number of ether oxygens (including phenoxy) is 2. The van der Waals surface area contributed by atoms with E-state index in [-0.39, 0.29) is 28.7 Å². The van der Waals surface area contributed by atoms with Gasteiger partial charge in [0.15, 0.2) is 18.1 Å². The average Bonchev–Trinajstić information content (AvgIpc) is 3.48. The van der Waals surface area contributed by atoms with Gasteiger partial charge in [-0.2, -0.15) is 0 Å². The molecule has 0 aliphatic carbocycles. The average molecular weight is 661 g/mol. The molecule has 0 saturated carbocycles. The number of nitrogens with one attached hydrogen (secondary N) is 2. The lowest BCUT2D eigenvalue weighted by molar-refractivity contribution is -0.122. The SMILES string of the molecule is COc1cc([C@@H]2c3sc(=O)[nH]c3S[C@H]3C(=O)N(c4ccc(F)cc4)C(=O)[C@@H]23)ccc1OCC(=O)Nc1ccc(Cl)c(Cl)c1. The van der Waals surface area contributed by atoms with Crippen LogP contribution < -0.4 is 24.6 Å². The van der Waals surface area contributed by atoms with Gasteiger partial charge in [0, 0.05) is 16.5 Å². The summed E-state index contributed by atoms with van der Waals surface area (Å²) < 4.78 is 24.9. The van der Waals surface area contributed by atoms with Gasteiger partial charge in [-0.15, -0.1) is 0 Å². The van der Waals surface area contributed by atoms with Crippen molar-refractivity contribution in [2.24, 2.45) is 5.92 Å². The number of rotatable bonds is 7. The van der Waals surface area contributed by atoms with Gasteiger partial charge in [-0.3, -0.25) is 19.2 Å². The van der Waals surface area contributed by atoms with Crippen LogP contribution in [0.3, 0.4) is 0 Å². The van der Waals surface area contributed by atoms with Gasteiger partial charge >= 0.3 is 4.87 Å². The van der Waals surface area contributed by atoms with E-state index in [9.17, 15) is 23.6 Å². The molecule has 0 spiro atoms. The van der Waals surface area contributed by atoms with Crippen molar-refractivity contribution < 1.29 is 28.2 Å². The van der Waals surface area contributed by atoms with Crippen molar-refractivity contribution in [3.05, 3.63) is 96.6 Å². The van der Waals surface area contributed by atoms with Gasteiger partial charge in [-0.05, 0) is 60.2 Å². The number of nitrogens with zero attached hydrogens (tertiary/aromatic N) is 1. The molecule has 0 bridgehead atoms. The molecule has 1 saturated heterocycles. The lowest BCUT2D eigenvalue weighted by Crippen LogP contribution is -2.32. The van der Waals surface area contributed by atoms with Crippen LogP contribution in [0.1, 0.15) is 16.4 Å². The summed E-state index contributed by atoms with van der Waals surface area (Å²) in [7, 11) is 1.43. The van der Waals surface area contributed by atoms with E-state index < -0.39 is 40.6 Å². The Morgan fingerprint density at radius 1 is 1.00 bits per heavy atom. The van der Waals surface area contributed by atoms with Crippen molar-refractivity contribution in [1.29, 1.82) is 0 Å². The van der Waals surface area contributed by atoms with Crippen LogP contribution >= 0.6 is 46.3 Å². The molecule has 0 unspecified atom stereocenters. The molecule has 220 valence electrons. The molecular weight excluding hydrogens is 640 g/mol. The van der Waals surface area contributed by atoms with Gasteiger partial charge < -0.3 is 19.8 Å². The van der Waals surface area contributed by atoms with Crippen LogP contribution in [0.25, 0.3) is 0 Å². The summed E-state index contributed by atoms with van der Waals surface area (Å²) >= 11 is 14.0. The Labute approximate surface area is 261 Å². The number of H-pyrrole nitrogens is 1. The van der Waals surface area contributed by atoms with Crippen LogP contribution in [-0.2, 0) is 14.4 Å². The van der Waals surface area contributed by atoms with Crippen LogP contribution in [0.15, 0.2) is 70.5 Å². The zero-order valence-corrected chi connectivity index (χ0v) is 25.2. The first kappa shape index (κ1) is 29.2. The fraction of sp³-hybridized carbons (Fsp3) is 0.172. The van der Waals surface area contributed by atoms with Gasteiger partial charge in [0.05, 0.1) is 33.8 Å². The third-order valence-electron chi connectivity index (χ3n) is 7.02. The number of aromatic amines is 1. The molecule has 6 rings (SSSR count). The second kappa shape index (κ2) is 11.7. The van der Waals surface area contributed by atoms with Gasteiger partial charge in [0.2, 0.25) is 11.8 Å². The predicted molar refractivity (Wildman–Crippen MR) is 162 cm³/mol. The zero-order valence-electron chi connectivity index (χ0n) is 22.1. The number of methoxy groups -OCH3 is 1. The van der Waals surface area contributed by atoms with E-state index in [1.54, 1.807) is 30.3 Å². The van der Waals surface area contributed by atoms with Crippen molar-refractivity contribution in [3.63, 3.8) is 0 Å². The lowest BCUT2D eigenvalue weighted by Gasteiger charge is -2.30. The number of aromatic nitrogens is 1. The Morgan fingerprint density at radius 2 is 1.77 bits per heavy atom. The molecule has 3 heterocycles. The van der Waals surface area contributed by atoms with Crippen molar-refractivity contribution in [2.45, 2.75) is 16.2 Å². The molecule has 0 radical (unpaired) electrons. The molecular formula is C29H20Cl2FN3O6S2. The quantitative estimate of drug-likeness (QED) is 0.244. The van der Waals surface area contributed by atoms with E-state index in [1.807, 2.05) is 0 Å². The molecule has 1 fully saturated rings. The second-order valence-corrected chi connectivity index (χ2v) is 12.6. The van der Waals surface area contributed by atoms with Crippen LogP contribution in [0.5, 0.6) is 11.5 Å². The van der Waals surface area contributed by atoms with Crippen molar-refractivity contribution in [3.8, 4) is 11.5 Å². The minimum atomic E-state index is -0.838. The molecule has 14 heteroatoms. The maximum atomic E-state index is 13.8. The van der Waals surface area contributed by atoms with Crippen LogP contribution in [-0.4, -0.2) is 41.7 Å². The fourth-order valence-electron chi connectivity index (χ4n) is 5.13. The minimum Gasteiger partial charge on any atom is -0.493 e. The van der Waals surface area contributed by atoms with E-state index >= 15 is 0 Å². The molecule has 2 N–H and O–H groups in total. The largest absolute Gasteiger partial charge is 0.493 e. The normalized spacial score (nSPS) is 19.2. The van der Waals surface area contributed by atoms with Gasteiger partial charge in [0.25, 0.3) is 5.91 Å². The number of hydrogen-bond acceptors (Lipinski definition) is 8. The van der Waals surface area contributed by atoms with E-state index in [0.717, 1.165) is 28.0 Å². The minimum absolute atomic E-state index is 0.265. The number of imide groups is 1. The van der Waals surface area contributed by atoms with E-state index in [1.165, 1.54) is 37.4 Å².